The first-order valence-corrected chi connectivity index (χ1v) is 6.85. The van der Waals surface area contributed by atoms with Crippen molar-refractivity contribution in [1.29, 1.82) is 0 Å². The molecule has 102 valence electrons. The predicted molar refractivity (Wildman–Crippen MR) is 79.2 cm³/mol. The minimum Gasteiger partial charge on any atom is -0.382 e. The molecule has 0 radical (unpaired) electrons. The van der Waals surface area contributed by atoms with Gasteiger partial charge >= 0.3 is 0 Å². The summed E-state index contributed by atoms with van der Waals surface area (Å²) in [5, 5.41) is 5.99. The number of nitrogens with one attached hydrogen (secondary N) is 1. The molecule has 0 aliphatic carbocycles. The highest BCUT2D eigenvalue weighted by molar-refractivity contribution is 5.85. The van der Waals surface area contributed by atoms with Gasteiger partial charge in [0.25, 0.3) is 0 Å². The number of nitrogens with zero attached hydrogens (tertiary/aromatic N) is 1. The van der Waals surface area contributed by atoms with Crippen molar-refractivity contribution in [3.05, 3.63) is 42.2 Å². The fourth-order valence-electron chi connectivity index (χ4n) is 2.41. The van der Waals surface area contributed by atoms with Gasteiger partial charge in [-0.2, -0.15) is 0 Å². The number of methoxy groups -OCH3 is 1. The van der Waals surface area contributed by atoms with Crippen molar-refractivity contribution in [3.8, 4) is 0 Å². The van der Waals surface area contributed by atoms with Crippen molar-refractivity contribution in [2.75, 3.05) is 13.7 Å². The molecule has 0 amide bonds. The van der Waals surface area contributed by atoms with E-state index in [2.05, 4.69) is 42.3 Å². The molecule has 0 bridgehead atoms. The van der Waals surface area contributed by atoms with Crippen LogP contribution in [0.5, 0.6) is 0 Å². The van der Waals surface area contributed by atoms with Crippen LogP contribution in [-0.2, 0) is 4.74 Å². The molecular weight excluding hydrogens is 236 g/mol. The summed E-state index contributed by atoms with van der Waals surface area (Å²) in [4.78, 5) is 4.37. The minimum atomic E-state index is 0.225. The van der Waals surface area contributed by atoms with Gasteiger partial charge in [0.1, 0.15) is 0 Å². The van der Waals surface area contributed by atoms with E-state index in [9.17, 15) is 0 Å². The topological polar surface area (TPSA) is 34.1 Å². The third kappa shape index (κ3) is 3.31. The Morgan fingerprint density at radius 1 is 1.26 bits per heavy atom. The zero-order valence-corrected chi connectivity index (χ0v) is 11.9. The van der Waals surface area contributed by atoms with Gasteiger partial charge in [-0.1, -0.05) is 31.2 Å². The van der Waals surface area contributed by atoms with Crippen molar-refractivity contribution in [3.63, 3.8) is 0 Å². The summed E-state index contributed by atoms with van der Waals surface area (Å²) in [5.41, 5.74) is 1.25. The summed E-state index contributed by atoms with van der Waals surface area (Å²) in [6, 6.07) is 8.67. The zero-order chi connectivity index (χ0) is 13.7. The molecule has 0 saturated heterocycles. The number of rotatable bonds is 6. The molecular formula is C16H22N2O. The standard InChI is InChI=1S/C16H22N2O/c1-4-18-16(9-12(2)19-3)15-11-17-10-13-7-5-6-8-14(13)15/h5-8,10-12,16,18H,4,9H2,1-3H3. The second-order valence-electron chi connectivity index (χ2n) is 4.84. The molecule has 0 saturated carbocycles. The van der Waals surface area contributed by atoms with Gasteiger partial charge in [0.15, 0.2) is 0 Å². The van der Waals surface area contributed by atoms with Crippen molar-refractivity contribution >= 4 is 10.8 Å². The first-order chi connectivity index (χ1) is 9.26. The van der Waals surface area contributed by atoms with Gasteiger partial charge < -0.3 is 10.1 Å². The van der Waals surface area contributed by atoms with Gasteiger partial charge in [0.05, 0.1) is 6.10 Å². The molecule has 2 atom stereocenters. The molecule has 2 aromatic rings. The van der Waals surface area contributed by atoms with Crippen LogP contribution in [0.3, 0.4) is 0 Å². The van der Waals surface area contributed by atoms with E-state index in [-0.39, 0.29) is 12.1 Å². The first-order valence-electron chi connectivity index (χ1n) is 6.85. The molecule has 3 heteroatoms. The second-order valence-corrected chi connectivity index (χ2v) is 4.84. The smallest absolute Gasteiger partial charge is 0.0561 e. The SMILES string of the molecule is CCNC(CC(C)OC)c1cncc2ccccc12. The average Bonchev–Trinajstić information content (AvgIpc) is 2.46. The highest BCUT2D eigenvalue weighted by Gasteiger charge is 2.16. The molecule has 0 fully saturated rings. The second kappa shape index (κ2) is 6.64. The molecule has 0 spiro atoms. The van der Waals surface area contributed by atoms with E-state index >= 15 is 0 Å². The summed E-state index contributed by atoms with van der Waals surface area (Å²) >= 11 is 0. The lowest BCUT2D eigenvalue weighted by Gasteiger charge is -2.22. The Hall–Kier alpha value is -1.45. The number of hydrogen-bond acceptors (Lipinski definition) is 3. The Bertz CT molecular complexity index is 522. The van der Waals surface area contributed by atoms with E-state index in [1.54, 1.807) is 7.11 Å². The van der Waals surface area contributed by atoms with Crippen molar-refractivity contribution < 1.29 is 4.74 Å². The molecule has 1 aromatic carbocycles. The maximum Gasteiger partial charge on any atom is 0.0561 e. The zero-order valence-electron chi connectivity index (χ0n) is 11.9. The Balaban J connectivity index is 2.38. The van der Waals surface area contributed by atoms with Crippen molar-refractivity contribution in [2.24, 2.45) is 0 Å². The largest absolute Gasteiger partial charge is 0.382 e. The molecule has 0 aliphatic rings. The average molecular weight is 258 g/mol. The van der Waals surface area contributed by atoms with Crippen LogP contribution < -0.4 is 5.32 Å². The first kappa shape index (κ1) is 14.0. The molecule has 1 N–H and O–H groups in total. The molecule has 2 unspecified atom stereocenters. The summed E-state index contributed by atoms with van der Waals surface area (Å²) in [7, 11) is 1.76. The van der Waals surface area contributed by atoms with Crippen molar-refractivity contribution in [1.82, 2.24) is 10.3 Å². The van der Waals surface area contributed by atoms with Crippen molar-refractivity contribution in [2.45, 2.75) is 32.4 Å². The van der Waals surface area contributed by atoms with Crippen LogP contribution in [0, 0.1) is 0 Å². The number of fused-ring (bicyclic) bond motifs is 1. The number of benzene rings is 1. The molecule has 0 aliphatic heterocycles. The molecule has 2 rings (SSSR count). The van der Waals surface area contributed by atoms with Crippen LogP contribution in [0.4, 0.5) is 0 Å². The van der Waals surface area contributed by atoms with E-state index in [4.69, 9.17) is 4.74 Å². The Morgan fingerprint density at radius 3 is 2.79 bits per heavy atom. The predicted octanol–water partition coefficient (Wildman–Crippen LogP) is 3.31. The van der Waals surface area contributed by atoms with E-state index < -0.39 is 0 Å². The van der Waals surface area contributed by atoms with Crippen LogP contribution >= 0.6 is 0 Å². The highest BCUT2D eigenvalue weighted by atomic mass is 16.5. The van der Waals surface area contributed by atoms with Crippen LogP contribution in [0.15, 0.2) is 36.7 Å². The molecule has 1 aromatic heterocycles. The van der Waals surface area contributed by atoms with Gasteiger partial charge in [-0.25, -0.2) is 0 Å². The summed E-state index contributed by atoms with van der Waals surface area (Å²) < 4.78 is 5.40. The summed E-state index contributed by atoms with van der Waals surface area (Å²) in [6.45, 7) is 5.16. The fraction of sp³-hybridized carbons (Fsp3) is 0.438. The van der Waals surface area contributed by atoms with Gasteiger partial charge in [0.2, 0.25) is 0 Å². The van der Waals surface area contributed by atoms with Crippen LogP contribution in [0.2, 0.25) is 0 Å². The maximum atomic E-state index is 5.40. The lowest BCUT2D eigenvalue weighted by molar-refractivity contribution is 0.101. The van der Waals surface area contributed by atoms with Crippen LogP contribution in [0.1, 0.15) is 31.9 Å². The van der Waals surface area contributed by atoms with E-state index in [1.807, 2.05) is 18.5 Å². The quantitative estimate of drug-likeness (QED) is 0.863. The highest BCUT2D eigenvalue weighted by Crippen LogP contribution is 2.26. The normalized spacial score (nSPS) is 14.5. The number of pyridine rings is 1. The fourth-order valence-corrected chi connectivity index (χ4v) is 2.41. The number of aromatic nitrogens is 1. The van der Waals surface area contributed by atoms with Gasteiger partial charge in [-0.15, -0.1) is 0 Å². The van der Waals surface area contributed by atoms with Gasteiger partial charge in [-0.3, -0.25) is 4.98 Å². The molecule has 19 heavy (non-hydrogen) atoms. The maximum absolute atomic E-state index is 5.40. The lowest BCUT2D eigenvalue weighted by atomic mass is 9.97. The summed E-state index contributed by atoms with van der Waals surface area (Å²) in [5.74, 6) is 0. The summed E-state index contributed by atoms with van der Waals surface area (Å²) in [6.07, 6.45) is 5.06. The van der Waals surface area contributed by atoms with Crippen LogP contribution in [-0.4, -0.2) is 24.7 Å². The van der Waals surface area contributed by atoms with E-state index in [1.165, 1.54) is 16.3 Å². The molecule has 1 heterocycles. The lowest BCUT2D eigenvalue weighted by Crippen LogP contribution is -2.25. The Morgan fingerprint density at radius 2 is 2.05 bits per heavy atom. The van der Waals surface area contributed by atoms with Gasteiger partial charge in [0, 0.05) is 30.9 Å². The number of hydrogen-bond donors (Lipinski definition) is 1. The third-order valence-corrected chi connectivity index (χ3v) is 3.49. The number of ether oxygens (including phenoxy) is 1. The van der Waals surface area contributed by atoms with Crippen LogP contribution in [0.25, 0.3) is 10.8 Å². The van der Waals surface area contributed by atoms with E-state index in [0.29, 0.717) is 0 Å². The van der Waals surface area contributed by atoms with Gasteiger partial charge in [-0.05, 0) is 30.8 Å². The van der Waals surface area contributed by atoms with E-state index in [0.717, 1.165) is 13.0 Å². The monoisotopic (exact) mass is 258 g/mol. The Kier molecular flexibility index (Phi) is 4.88. The Labute approximate surface area is 115 Å². The minimum absolute atomic E-state index is 0.225. The third-order valence-electron chi connectivity index (χ3n) is 3.49. The molecule has 3 nitrogen and oxygen atoms in total.